The average molecular weight is 519 g/mol. The lowest BCUT2D eigenvalue weighted by Crippen LogP contribution is -2.16. The number of rotatable bonds is 10. The van der Waals surface area contributed by atoms with E-state index in [4.69, 9.17) is 25.9 Å². The van der Waals surface area contributed by atoms with Crippen molar-refractivity contribution < 1.29 is 18.7 Å². The summed E-state index contributed by atoms with van der Waals surface area (Å²) in [7, 11) is 0. The topological polar surface area (TPSA) is 92.4 Å². The first-order valence-corrected chi connectivity index (χ1v) is 12.1. The number of aliphatic hydroxyl groups excluding tert-OH is 1. The third kappa shape index (κ3) is 6.24. The van der Waals surface area contributed by atoms with Gasteiger partial charge in [0, 0.05) is 30.1 Å². The molecule has 0 saturated heterocycles. The molecular weight excluding hydrogens is 495 g/mol. The first-order valence-electron chi connectivity index (χ1n) is 11.7. The second kappa shape index (κ2) is 11.4. The van der Waals surface area contributed by atoms with Gasteiger partial charge in [0.15, 0.2) is 0 Å². The second-order valence-corrected chi connectivity index (χ2v) is 8.76. The van der Waals surface area contributed by atoms with Crippen LogP contribution in [-0.2, 0) is 13.0 Å². The van der Waals surface area contributed by atoms with E-state index in [9.17, 15) is 4.39 Å². The van der Waals surface area contributed by atoms with Crippen LogP contribution in [0.5, 0.6) is 11.5 Å². The lowest BCUT2D eigenvalue weighted by atomic mass is 10.1. The number of aromatic nitrogens is 2. The highest BCUT2D eigenvalue weighted by atomic mass is 35.5. The summed E-state index contributed by atoms with van der Waals surface area (Å²) in [6.07, 6.45) is 2.12. The van der Waals surface area contributed by atoms with Crippen LogP contribution in [0, 0.1) is 5.82 Å². The molecule has 0 aliphatic carbocycles. The molecule has 188 valence electrons. The number of nitrogens with one attached hydrogen (secondary N) is 2. The summed E-state index contributed by atoms with van der Waals surface area (Å²) in [5.74, 6) is 2.68. The van der Waals surface area contributed by atoms with Crippen LogP contribution in [0.3, 0.4) is 0 Å². The van der Waals surface area contributed by atoms with Gasteiger partial charge in [0.25, 0.3) is 0 Å². The van der Waals surface area contributed by atoms with E-state index in [0.717, 1.165) is 28.0 Å². The Labute approximate surface area is 217 Å². The summed E-state index contributed by atoms with van der Waals surface area (Å²) in [5.41, 5.74) is 2.56. The van der Waals surface area contributed by atoms with E-state index >= 15 is 0 Å². The zero-order chi connectivity index (χ0) is 25.6. The Morgan fingerprint density at radius 1 is 0.973 bits per heavy atom. The van der Waals surface area contributed by atoms with Crippen LogP contribution in [0.4, 0.5) is 15.9 Å². The van der Waals surface area contributed by atoms with Crippen molar-refractivity contribution in [2.45, 2.75) is 13.0 Å². The molecule has 9 heteroatoms. The van der Waals surface area contributed by atoms with Gasteiger partial charge in [-0.3, -0.25) is 0 Å². The first kappa shape index (κ1) is 24.7. The van der Waals surface area contributed by atoms with E-state index in [-0.39, 0.29) is 12.4 Å². The average Bonchev–Trinajstić information content (AvgIpc) is 3.33. The van der Waals surface area contributed by atoms with Crippen molar-refractivity contribution in [2.75, 3.05) is 18.5 Å². The van der Waals surface area contributed by atoms with Gasteiger partial charge in [-0.05, 0) is 60.2 Å². The molecule has 2 aromatic heterocycles. The molecule has 0 saturated carbocycles. The minimum Gasteiger partial charge on any atom is -0.464 e. The van der Waals surface area contributed by atoms with Gasteiger partial charge in [0.1, 0.15) is 41.0 Å². The van der Waals surface area contributed by atoms with Gasteiger partial charge in [0.05, 0.1) is 23.7 Å². The number of hydrogen-bond donors (Lipinski definition) is 3. The minimum absolute atomic E-state index is 0.0855. The Bertz CT molecular complexity index is 1520. The maximum Gasteiger partial charge on any atom is 0.146 e. The van der Waals surface area contributed by atoms with E-state index in [1.165, 1.54) is 18.5 Å². The molecule has 0 radical (unpaired) electrons. The third-order valence-corrected chi connectivity index (χ3v) is 5.90. The zero-order valence-corrected chi connectivity index (χ0v) is 20.5. The van der Waals surface area contributed by atoms with E-state index in [1.807, 2.05) is 36.4 Å². The van der Waals surface area contributed by atoms with E-state index in [0.29, 0.717) is 47.5 Å². The van der Waals surface area contributed by atoms with Crippen molar-refractivity contribution in [3.8, 4) is 11.5 Å². The molecule has 3 N–H and O–H groups in total. The number of fused-ring (bicyclic) bond motifs is 1. The molecule has 0 aliphatic rings. The predicted molar refractivity (Wildman–Crippen MR) is 141 cm³/mol. The number of anilines is 2. The molecule has 0 bridgehead atoms. The lowest BCUT2D eigenvalue weighted by molar-refractivity contribution is 0.289. The van der Waals surface area contributed by atoms with Crippen LogP contribution >= 0.6 is 11.6 Å². The Morgan fingerprint density at radius 3 is 2.70 bits per heavy atom. The standard InChI is InChI=1S/C28H24ClFN4O3/c29-25-15-20(5-9-27(25)37-21-3-1-2-19(30)14-21)34-28-24-13-18(4-8-26(24)32-17-33-28)12-22-6-7-23(36-22)16-31-10-11-35/h1-9,13-15,17,31,35H,10-12,16H2,(H,32,33,34). The summed E-state index contributed by atoms with van der Waals surface area (Å²) in [4.78, 5) is 8.82. The highest BCUT2D eigenvalue weighted by Crippen LogP contribution is 2.33. The van der Waals surface area contributed by atoms with E-state index < -0.39 is 0 Å². The highest BCUT2D eigenvalue weighted by molar-refractivity contribution is 6.32. The van der Waals surface area contributed by atoms with Crippen molar-refractivity contribution >= 4 is 34.0 Å². The Balaban J connectivity index is 1.33. The quantitative estimate of drug-likeness (QED) is 0.189. The van der Waals surface area contributed by atoms with Gasteiger partial charge in [-0.15, -0.1) is 0 Å². The maximum atomic E-state index is 13.5. The molecule has 0 atom stereocenters. The fraction of sp³-hybridized carbons (Fsp3) is 0.143. The lowest BCUT2D eigenvalue weighted by Gasteiger charge is -2.12. The second-order valence-electron chi connectivity index (χ2n) is 8.35. The van der Waals surface area contributed by atoms with Crippen LogP contribution in [0.25, 0.3) is 10.9 Å². The normalized spacial score (nSPS) is 11.1. The van der Waals surface area contributed by atoms with Crippen molar-refractivity contribution in [1.29, 1.82) is 0 Å². The predicted octanol–water partition coefficient (Wildman–Crippen LogP) is 6.22. The van der Waals surface area contributed by atoms with E-state index in [2.05, 4.69) is 20.6 Å². The maximum absolute atomic E-state index is 13.5. The summed E-state index contributed by atoms with van der Waals surface area (Å²) >= 11 is 6.44. The number of hydrogen-bond acceptors (Lipinski definition) is 7. The molecule has 37 heavy (non-hydrogen) atoms. The molecular formula is C28H24ClFN4O3. The van der Waals surface area contributed by atoms with Gasteiger partial charge in [0.2, 0.25) is 0 Å². The fourth-order valence-corrected chi connectivity index (χ4v) is 4.09. The van der Waals surface area contributed by atoms with Gasteiger partial charge in [-0.25, -0.2) is 14.4 Å². The zero-order valence-electron chi connectivity index (χ0n) is 19.7. The van der Waals surface area contributed by atoms with Crippen LogP contribution in [0.1, 0.15) is 17.1 Å². The first-order chi connectivity index (χ1) is 18.1. The van der Waals surface area contributed by atoms with Crippen molar-refractivity contribution in [2.24, 2.45) is 0 Å². The molecule has 0 spiro atoms. The van der Waals surface area contributed by atoms with Gasteiger partial charge in [-0.2, -0.15) is 0 Å². The number of ether oxygens (including phenoxy) is 1. The van der Waals surface area contributed by atoms with Crippen LogP contribution in [0.15, 0.2) is 83.5 Å². The number of benzene rings is 3. The molecule has 5 aromatic rings. The molecule has 5 rings (SSSR count). The van der Waals surface area contributed by atoms with Crippen molar-refractivity contribution in [3.05, 3.63) is 107 Å². The Hall–Kier alpha value is -3.98. The van der Waals surface area contributed by atoms with Crippen LogP contribution in [0.2, 0.25) is 5.02 Å². The van der Waals surface area contributed by atoms with Crippen molar-refractivity contribution in [1.82, 2.24) is 15.3 Å². The smallest absolute Gasteiger partial charge is 0.146 e. The molecule has 7 nitrogen and oxygen atoms in total. The van der Waals surface area contributed by atoms with Gasteiger partial charge in [-0.1, -0.05) is 23.7 Å². The van der Waals surface area contributed by atoms with E-state index in [1.54, 1.807) is 24.3 Å². The van der Waals surface area contributed by atoms with Crippen LogP contribution < -0.4 is 15.4 Å². The molecule has 0 unspecified atom stereocenters. The Morgan fingerprint density at radius 2 is 1.86 bits per heavy atom. The summed E-state index contributed by atoms with van der Waals surface area (Å²) in [6, 6.07) is 21.0. The van der Waals surface area contributed by atoms with Gasteiger partial charge >= 0.3 is 0 Å². The fourth-order valence-electron chi connectivity index (χ4n) is 3.87. The van der Waals surface area contributed by atoms with Crippen molar-refractivity contribution in [3.63, 3.8) is 0 Å². The number of aliphatic hydroxyl groups is 1. The minimum atomic E-state index is -0.385. The third-order valence-electron chi connectivity index (χ3n) is 5.60. The summed E-state index contributed by atoms with van der Waals surface area (Å²) in [6.45, 7) is 1.17. The molecule has 3 aromatic carbocycles. The monoisotopic (exact) mass is 518 g/mol. The van der Waals surface area contributed by atoms with Gasteiger partial charge < -0.3 is 24.9 Å². The van der Waals surface area contributed by atoms with Crippen LogP contribution in [-0.4, -0.2) is 28.2 Å². The molecule has 2 heterocycles. The summed E-state index contributed by atoms with van der Waals surface area (Å²) < 4.78 is 25.1. The molecule has 0 amide bonds. The number of nitrogens with zero attached hydrogens (tertiary/aromatic N) is 2. The SMILES string of the molecule is OCCNCc1ccc(Cc2ccc3ncnc(Nc4ccc(Oc5cccc(F)c5)c(Cl)c4)c3c2)o1. The number of halogens is 2. The Kier molecular flexibility index (Phi) is 7.60. The largest absolute Gasteiger partial charge is 0.464 e. The summed E-state index contributed by atoms with van der Waals surface area (Å²) in [5, 5.41) is 16.5. The highest BCUT2D eigenvalue weighted by Gasteiger charge is 2.10. The molecule has 0 fully saturated rings. The molecule has 0 aliphatic heterocycles. The number of furan rings is 1.